The van der Waals surface area contributed by atoms with E-state index in [0.29, 0.717) is 31.7 Å². The highest BCUT2D eigenvalue weighted by atomic mass is 32.1. The van der Waals surface area contributed by atoms with E-state index in [2.05, 4.69) is 39.5 Å². The Kier molecular flexibility index (Phi) is 7.35. The van der Waals surface area contributed by atoms with Gasteiger partial charge in [-0.3, -0.25) is 14.5 Å². The normalized spacial score (nSPS) is 20.8. The van der Waals surface area contributed by atoms with Gasteiger partial charge in [-0.25, -0.2) is 4.98 Å². The zero-order valence-corrected chi connectivity index (χ0v) is 18.9. The standard InChI is InChI=1S/C24H32N4O2S/c29-22-16-24(10-5-2-6-11-24)28(17-20-8-3-1-4-9-20)14-7-13-27(15-12-25-22)23(30)21-18-31-19-26-21/h1,3-4,8-9,18-19H,2,5-7,10-17H2,(H,25,29). The van der Waals surface area contributed by atoms with Crippen molar-refractivity contribution in [2.24, 2.45) is 0 Å². The number of carbonyl (C=O) groups is 2. The molecule has 0 radical (unpaired) electrons. The van der Waals surface area contributed by atoms with Crippen LogP contribution in [0.5, 0.6) is 0 Å². The zero-order chi connectivity index (χ0) is 21.5. The lowest BCUT2D eigenvalue weighted by Crippen LogP contribution is -2.52. The van der Waals surface area contributed by atoms with Crippen molar-refractivity contribution in [3.8, 4) is 0 Å². The van der Waals surface area contributed by atoms with E-state index in [1.165, 1.54) is 36.2 Å². The number of aromatic nitrogens is 1. The number of hydrogen-bond acceptors (Lipinski definition) is 5. The summed E-state index contributed by atoms with van der Waals surface area (Å²) in [5.41, 5.74) is 3.37. The van der Waals surface area contributed by atoms with Gasteiger partial charge in [0.2, 0.25) is 5.91 Å². The van der Waals surface area contributed by atoms with Gasteiger partial charge in [0.1, 0.15) is 5.69 Å². The van der Waals surface area contributed by atoms with E-state index in [0.717, 1.165) is 32.4 Å². The lowest BCUT2D eigenvalue weighted by atomic mass is 9.77. The summed E-state index contributed by atoms with van der Waals surface area (Å²) in [7, 11) is 0. The molecular formula is C24H32N4O2S. The van der Waals surface area contributed by atoms with E-state index in [1.807, 2.05) is 11.0 Å². The molecule has 1 spiro atoms. The molecule has 2 aliphatic rings. The highest BCUT2D eigenvalue weighted by molar-refractivity contribution is 7.07. The molecule has 1 aromatic heterocycles. The third kappa shape index (κ3) is 5.52. The van der Waals surface area contributed by atoms with Crippen molar-refractivity contribution < 1.29 is 9.59 Å². The molecule has 2 heterocycles. The first-order valence-corrected chi connectivity index (χ1v) is 12.3. The fraction of sp³-hybridized carbons (Fsp3) is 0.542. The Hall–Kier alpha value is -2.25. The molecule has 2 amide bonds. The van der Waals surface area contributed by atoms with E-state index in [4.69, 9.17) is 0 Å². The molecule has 1 N–H and O–H groups in total. The fourth-order valence-corrected chi connectivity index (χ4v) is 5.57. The molecule has 1 saturated carbocycles. The van der Waals surface area contributed by atoms with Gasteiger partial charge in [0, 0.05) is 50.1 Å². The lowest BCUT2D eigenvalue weighted by Gasteiger charge is -2.46. The van der Waals surface area contributed by atoms with Crippen molar-refractivity contribution in [2.75, 3.05) is 26.2 Å². The summed E-state index contributed by atoms with van der Waals surface area (Å²) in [5, 5.41) is 4.89. The van der Waals surface area contributed by atoms with Gasteiger partial charge in [0.15, 0.2) is 0 Å². The van der Waals surface area contributed by atoms with Crippen LogP contribution in [0.25, 0.3) is 0 Å². The van der Waals surface area contributed by atoms with Gasteiger partial charge < -0.3 is 10.2 Å². The fourth-order valence-electron chi connectivity index (χ4n) is 5.04. The number of benzene rings is 1. The average molecular weight is 441 g/mol. The summed E-state index contributed by atoms with van der Waals surface area (Å²) < 4.78 is 0. The molecule has 1 aromatic carbocycles. The molecule has 0 atom stereocenters. The molecule has 6 nitrogen and oxygen atoms in total. The Labute approximate surface area is 188 Å². The van der Waals surface area contributed by atoms with Crippen LogP contribution in [0.4, 0.5) is 0 Å². The number of amides is 2. The predicted molar refractivity (Wildman–Crippen MR) is 123 cm³/mol. The zero-order valence-electron chi connectivity index (χ0n) is 18.1. The lowest BCUT2D eigenvalue weighted by molar-refractivity contribution is -0.125. The third-order valence-corrected chi connectivity index (χ3v) is 7.25. The van der Waals surface area contributed by atoms with Gasteiger partial charge in [-0.1, -0.05) is 49.6 Å². The molecule has 1 aliphatic heterocycles. The van der Waals surface area contributed by atoms with Crippen molar-refractivity contribution in [3.63, 3.8) is 0 Å². The first kappa shape index (κ1) is 22.0. The molecule has 2 aromatic rings. The SMILES string of the molecule is O=C1CC2(CCCCC2)N(Cc2ccccc2)CCCN(C(=O)c2cscn2)CCN1. The summed E-state index contributed by atoms with van der Waals surface area (Å²) >= 11 is 1.43. The minimum atomic E-state index is -0.0910. The van der Waals surface area contributed by atoms with E-state index in [9.17, 15) is 9.59 Å². The van der Waals surface area contributed by atoms with Crippen LogP contribution >= 0.6 is 11.3 Å². The van der Waals surface area contributed by atoms with Crippen LogP contribution in [-0.4, -0.2) is 58.3 Å². The number of nitrogens with zero attached hydrogens (tertiary/aromatic N) is 3. The monoisotopic (exact) mass is 440 g/mol. The summed E-state index contributed by atoms with van der Waals surface area (Å²) in [6.07, 6.45) is 7.15. The maximum atomic E-state index is 12.9. The summed E-state index contributed by atoms with van der Waals surface area (Å²) in [6.45, 7) is 3.40. The molecule has 2 fully saturated rings. The van der Waals surface area contributed by atoms with Crippen LogP contribution in [0.1, 0.15) is 61.0 Å². The molecule has 1 saturated heterocycles. The van der Waals surface area contributed by atoms with E-state index in [-0.39, 0.29) is 17.4 Å². The second-order valence-electron chi connectivity index (χ2n) is 8.74. The minimum absolute atomic E-state index is 0.0447. The number of carbonyl (C=O) groups excluding carboxylic acids is 2. The Bertz CT molecular complexity index is 850. The first-order valence-electron chi connectivity index (χ1n) is 11.4. The van der Waals surface area contributed by atoms with Crippen molar-refractivity contribution in [3.05, 3.63) is 52.5 Å². The molecule has 31 heavy (non-hydrogen) atoms. The van der Waals surface area contributed by atoms with Crippen LogP contribution in [-0.2, 0) is 11.3 Å². The van der Waals surface area contributed by atoms with Gasteiger partial charge in [0.05, 0.1) is 5.51 Å². The number of hydrogen-bond donors (Lipinski definition) is 1. The maximum absolute atomic E-state index is 12.9. The van der Waals surface area contributed by atoms with Crippen LogP contribution in [0.2, 0.25) is 0 Å². The Morgan fingerprint density at radius 3 is 2.61 bits per heavy atom. The molecule has 0 unspecified atom stereocenters. The quantitative estimate of drug-likeness (QED) is 0.790. The highest BCUT2D eigenvalue weighted by Gasteiger charge is 2.40. The molecular weight excluding hydrogens is 408 g/mol. The van der Waals surface area contributed by atoms with Gasteiger partial charge in [-0.05, 0) is 24.8 Å². The maximum Gasteiger partial charge on any atom is 0.273 e. The highest BCUT2D eigenvalue weighted by Crippen LogP contribution is 2.38. The van der Waals surface area contributed by atoms with Crippen LogP contribution in [0.3, 0.4) is 0 Å². The first-order chi connectivity index (χ1) is 15.2. The van der Waals surface area contributed by atoms with Crippen molar-refractivity contribution in [2.45, 2.75) is 57.0 Å². The predicted octanol–water partition coefficient (Wildman–Crippen LogP) is 3.70. The van der Waals surface area contributed by atoms with Crippen LogP contribution in [0.15, 0.2) is 41.2 Å². The third-order valence-electron chi connectivity index (χ3n) is 6.66. The van der Waals surface area contributed by atoms with Gasteiger partial charge in [-0.2, -0.15) is 0 Å². The van der Waals surface area contributed by atoms with E-state index >= 15 is 0 Å². The van der Waals surface area contributed by atoms with Crippen molar-refractivity contribution in [1.29, 1.82) is 0 Å². The number of thiazole rings is 1. The average Bonchev–Trinajstić information content (AvgIpc) is 3.32. The number of nitrogens with one attached hydrogen (secondary N) is 1. The van der Waals surface area contributed by atoms with Crippen LogP contribution < -0.4 is 5.32 Å². The Balaban J connectivity index is 1.55. The van der Waals surface area contributed by atoms with Gasteiger partial charge in [0.25, 0.3) is 5.91 Å². The summed E-state index contributed by atoms with van der Waals surface area (Å²) in [6, 6.07) is 10.5. The molecule has 0 bridgehead atoms. The Morgan fingerprint density at radius 2 is 1.87 bits per heavy atom. The number of rotatable bonds is 3. The van der Waals surface area contributed by atoms with Crippen molar-refractivity contribution >= 4 is 23.2 Å². The summed E-state index contributed by atoms with van der Waals surface area (Å²) in [4.78, 5) is 34.4. The van der Waals surface area contributed by atoms with Gasteiger partial charge in [-0.15, -0.1) is 11.3 Å². The van der Waals surface area contributed by atoms with Crippen molar-refractivity contribution in [1.82, 2.24) is 20.1 Å². The largest absolute Gasteiger partial charge is 0.354 e. The van der Waals surface area contributed by atoms with E-state index < -0.39 is 0 Å². The van der Waals surface area contributed by atoms with E-state index in [1.54, 1.807) is 10.9 Å². The van der Waals surface area contributed by atoms with Crippen LogP contribution in [0, 0.1) is 0 Å². The van der Waals surface area contributed by atoms with Gasteiger partial charge >= 0.3 is 0 Å². The molecule has 4 rings (SSSR count). The minimum Gasteiger partial charge on any atom is -0.354 e. The summed E-state index contributed by atoms with van der Waals surface area (Å²) in [5.74, 6) is 0.0552. The second kappa shape index (κ2) is 10.4. The molecule has 7 heteroatoms. The molecule has 1 aliphatic carbocycles. The second-order valence-corrected chi connectivity index (χ2v) is 9.46. The molecule has 166 valence electrons. The smallest absolute Gasteiger partial charge is 0.273 e. The Morgan fingerprint density at radius 1 is 1.06 bits per heavy atom. The topological polar surface area (TPSA) is 65.5 Å².